The molecule has 68 valence electrons. The van der Waals surface area contributed by atoms with Crippen LogP contribution in [0.1, 0.15) is 25.1 Å². The van der Waals surface area contributed by atoms with Gasteiger partial charge in [-0.05, 0) is 18.8 Å². The Morgan fingerprint density at radius 3 is 2.92 bits per heavy atom. The van der Waals surface area contributed by atoms with Gasteiger partial charge in [0.05, 0.1) is 5.51 Å². The molecule has 0 aliphatic carbocycles. The molecule has 2 atom stereocenters. The van der Waals surface area contributed by atoms with Crippen LogP contribution in [0.25, 0.3) is 0 Å². The van der Waals surface area contributed by atoms with Gasteiger partial charge in [-0.15, -0.1) is 22.9 Å². The molecule has 0 aliphatic rings. The Kier molecular flexibility index (Phi) is 4.02. The molecule has 1 rings (SSSR count). The van der Waals surface area contributed by atoms with E-state index in [-0.39, 0.29) is 0 Å². The molecule has 1 aromatic rings. The first kappa shape index (κ1) is 10.0. The molecule has 0 radical (unpaired) electrons. The first-order valence-electron chi connectivity index (χ1n) is 4.25. The highest BCUT2D eigenvalue weighted by molar-refractivity contribution is 7.09. The Bertz CT molecular complexity index is 210. The maximum Gasteiger partial charge on any atom is 0.0794 e. The lowest BCUT2D eigenvalue weighted by Gasteiger charge is -2.14. The first-order chi connectivity index (χ1) is 5.74. The average Bonchev–Trinajstić information content (AvgIpc) is 2.55. The topological polar surface area (TPSA) is 12.9 Å². The van der Waals surface area contributed by atoms with Crippen molar-refractivity contribution in [1.82, 2.24) is 4.98 Å². The van der Waals surface area contributed by atoms with Crippen molar-refractivity contribution in [3.63, 3.8) is 0 Å². The van der Waals surface area contributed by atoms with Crippen molar-refractivity contribution in [1.29, 1.82) is 0 Å². The van der Waals surface area contributed by atoms with Crippen LogP contribution in [0.3, 0.4) is 0 Å². The highest BCUT2D eigenvalue weighted by atomic mass is 35.5. The zero-order chi connectivity index (χ0) is 8.97. The standard InChI is InChI=1S/C9H14ClNS/c1-3-9(10)7(2)4-8-5-11-6-12-8/h5-7,9H,3-4H2,1-2H3. The Morgan fingerprint density at radius 2 is 2.42 bits per heavy atom. The molecule has 0 saturated heterocycles. The summed E-state index contributed by atoms with van der Waals surface area (Å²) in [5.74, 6) is 0.553. The molecule has 3 heteroatoms. The van der Waals surface area contributed by atoms with E-state index in [1.165, 1.54) is 4.88 Å². The Labute approximate surface area is 82.8 Å². The van der Waals surface area contributed by atoms with Crippen LogP contribution in [0.5, 0.6) is 0 Å². The lowest BCUT2D eigenvalue weighted by atomic mass is 10.0. The van der Waals surface area contributed by atoms with Gasteiger partial charge in [0.2, 0.25) is 0 Å². The summed E-state index contributed by atoms with van der Waals surface area (Å²) in [7, 11) is 0. The number of hydrogen-bond donors (Lipinski definition) is 0. The van der Waals surface area contributed by atoms with Crippen molar-refractivity contribution >= 4 is 22.9 Å². The minimum Gasteiger partial charge on any atom is -0.253 e. The van der Waals surface area contributed by atoms with Gasteiger partial charge in [0, 0.05) is 16.5 Å². The van der Waals surface area contributed by atoms with Crippen molar-refractivity contribution in [3.8, 4) is 0 Å². The molecule has 2 unspecified atom stereocenters. The minimum atomic E-state index is 0.298. The third-order valence-corrected chi connectivity index (χ3v) is 3.55. The number of aromatic nitrogens is 1. The summed E-state index contributed by atoms with van der Waals surface area (Å²) in [5, 5.41) is 0.298. The molecule has 0 saturated carbocycles. The van der Waals surface area contributed by atoms with E-state index in [4.69, 9.17) is 11.6 Å². The molecule has 0 amide bonds. The van der Waals surface area contributed by atoms with Crippen molar-refractivity contribution in [2.45, 2.75) is 32.1 Å². The number of hydrogen-bond acceptors (Lipinski definition) is 2. The maximum absolute atomic E-state index is 6.12. The van der Waals surface area contributed by atoms with Gasteiger partial charge in [0.25, 0.3) is 0 Å². The van der Waals surface area contributed by atoms with Crippen LogP contribution in [0.2, 0.25) is 0 Å². The molecule has 0 aromatic carbocycles. The van der Waals surface area contributed by atoms with E-state index in [2.05, 4.69) is 18.8 Å². The van der Waals surface area contributed by atoms with E-state index in [9.17, 15) is 0 Å². The van der Waals surface area contributed by atoms with Gasteiger partial charge in [-0.1, -0.05) is 13.8 Å². The maximum atomic E-state index is 6.12. The second-order valence-corrected chi connectivity index (χ2v) is 4.60. The predicted molar refractivity (Wildman–Crippen MR) is 54.9 cm³/mol. The third-order valence-electron chi connectivity index (χ3n) is 2.01. The minimum absolute atomic E-state index is 0.298. The lowest BCUT2D eigenvalue weighted by molar-refractivity contribution is 0.534. The summed E-state index contributed by atoms with van der Waals surface area (Å²) in [6.07, 6.45) is 4.04. The monoisotopic (exact) mass is 203 g/mol. The van der Waals surface area contributed by atoms with E-state index < -0.39 is 0 Å². The van der Waals surface area contributed by atoms with Crippen LogP contribution < -0.4 is 0 Å². The fraction of sp³-hybridized carbons (Fsp3) is 0.667. The lowest BCUT2D eigenvalue weighted by Crippen LogP contribution is -2.12. The highest BCUT2D eigenvalue weighted by Crippen LogP contribution is 2.20. The summed E-state index contributed by atoms with van der Waals surface area (Å²) in [6, 6.07) is 0. The van der Waals surface area contributed by atoms with Crippen molar-refractivity contribution in [2.24, 2.45) is 5.92 Å². The van der Waals surface area contributed by atoms with Crippen molar-refractivity contribution < 1.29 is 0 Å². The molecule has 12 heavy (non-hydrogen) atoms. The average molecular weight is 204 g/mol. The molecule has 0 bridgehead atoms. The summed E-state index contributed by atoms with van der Waals surface area (Å²) < 4.78 is 0. The first-order valence-corrected chi connectivity index (χ1v) is 5.57. The van der Waals surface area contributed by atoms with E-state index in [1.54, 1.807) is 11.3 Å². The largest absolute Gasteiger partial charge is 0.253 e. The second-order valence-electron chi connectivity index (χ2n) is 3.07. The SMILES string of the molecule is CCC(Cl)C(C)Cc1cncs1. The highest BCUT2D eigenvalue weighted by Gasteiger charge is 2.13. The van der Waals surface area contributed by atoms with Gasteiger partial charge in [0.15, 0.2) is 0 Å². The van der Waals surface area contributed by atoms with Gasteiger partial charge in [-0.3, -0.25) is 4.98 Å². The summed E-state index contributed by atoms with van der Waals surface area (Å²) in [5.41, 5.74) is 1.87. The van der Waals surface area contributed by atoms with Crippen molar-refractivity contribution in [2.75, 3.05) is 0 Å². The smallest absolute Gasteiger partial charge is 0.0794 e. The molecule has 0 spiro atoms. The van der Waals surface area contributed by atoms with Crippen LogP contribution in [-0.2, 0) is 6.42 Å². The van der Waals surface area contributed by atoms with Gasteiger partial charge < -0.3 is 0 Å². The number of halogens is 1. The fourth-order valence-corrected chi connectivity index (χ4v) is 2.02. The van der Waals surface area contributed by atoms with E-state index in [0.29, 0.717) is 11.3 Å². The van der Waals surface area contributed by atoms with Gasteiger partial charge in [0.1, 0.15) is 0 Å². The number of thiazole rings is 1. The fourth-order valence-electron chi connectivity index (χ4n) is 1.19. The molecule has 0 N–H and O–H groups in total. The molecule has 1 heterocycles. The van der Waals surface area contributed by atoms with Gasteiger partial charge in [-0.2, -0.15) is 0 Å². The van der Waals surface area contributed by atoms with Crippen molar-refractivity contribution in [3.05, 3.63) is 16.6 Å². The molecule has 1 nitrogen and oxygen atoms in total. The van der Waals surface area contributed by atoms with Gasteiger partial charge in [-0.25, -0.2) is 0 Å². The number of alkyl halides is 1. The van der Waals surface area contributed by atoms with E-state index in [1.807, 2.05) is 11.7 Å². The molecular formula is C9H14ClNS. The van der Waals surface area contributed by atoms with Crippen LogP contribution >= 0.6 is 22.9 Å². The molecule has 0 aliphatic heterocycles. The summed E-state index contributed by atoms with van der Waals surface area (Å²) in [6.45, 7) is 4.32. The van der Waals surface area contributed by atoms with Crippen LogP contribution in [0, 0.1) is 5.92 Å². The quantitative estimate of drug-likeness (QED) is 0.685. The Morgan fingerprint density at radius 1 is 1.67 bits per heavy atom. The normalized spacial score (nSPS) is 15.9. The zero-order valence-corrected chi connectivity index (χ0v) is 9.03. The summed E-state index contributed by atoms with van der Waals surface area (Å²) in [4.78, 5) is 5.37. The van der Waals surface area contributed by atoms with Crippen LogP contribution in [0.4, 0.5) is 0 Å². The van der Waals surface area contributed by atoms with Crippen LogP contribution in [0.15, 0.2) is 11.7 Å². The molecular weight excluding hydrogens is 190 g/mol. The predicted octanol–water partition coefficient (Wildman–Crippen LogP) is 3.34. The van der Waals surface area contributed by atoms with E-state index in [0.717, 1.165) is 12.8 Å². The van der Waals surface area contributed by atoms with Gasteiger partial charge >= 0.3 is 0 Å². The van der Waals surface area contributed by atoms with E-state index >= 15 is 0 Å². The zero-order valence-electron chi connectivity index (χ0n) is 7.46. The Balaban J connectivity index is 2.41. The molecule has 1 aromatic heterocycles. The summed E-state index contributed by atoms with van der Waals surface area (Å²) >= 11 is 7.83. The van der Waals surface area contributed by atoms with Crippen LogP contribution in [-0.4, -0.2) is 10.4 Å². The number of rotatable bonds is 4. The Hall–Kier alpha value is -0.0800. The molecule has 0 fully saturated rings. The third kappa shape index (κ3) is 2.76. The second kappa shape index (κ2) is 4.83. The number of nitrogens with zero attached hydrogens (tertiary/aromatic N) is 1.